The minimum absolute atomic E-state index is 0.0574. The Bertz CT molecular complexity index is 1010. The van der Waals surface area contributed by atoms with Gasteiger partial charge in [0.1, 0.15) is 6.04 Å². The highest BCUT2D eigenvalue weighted by atomic mass is 79.9. The number of carbonyl (C=O) groups excluding carboxylic acids is 4. The number of amides is 3. The number of halogens is 2. The fourth-order valence-corrected chi connectivity index (χ4v) is 5.67. The van der Waals surface area contributed by atoms with Crippen LogP contribution in [-0.4, -0.2) is 41.2 Å². The summed E-state index contributed by atoms with van der Waals surface area (Å²) in [6.07, 6.45) is 4.82. The van der Waals surface area contributed by atoms with E-state index in [1.165, 1.54) is 0 Å². The summed E-state index contributed by atoms with van der Waals surface area (Å²) in [7, 11) is 0. The minimum Gasteiger partial charge on any atom is -0.454 e. The summed E-state index contributed by atoms with van der Waals surface area (Å²) >= 11 is 9.50. The number of carbonyl (C=O) groups is 4. The summed E-state index contributed by atoms with van der Waals surface area (Å²) in [5, 5.41) is 3.14. The molecule has 170 valence electrons. The van der Waals surface area contributed by atoms with Crippen LogP contribution in [0, 0.1) is 36.5 Å². The van der Waals surface area contributed by atoms with Crippen molar-refractivity contribution in [1.82, 2.24) is 4.90 Å². The molecular weight excluding hydrogens is 500 g/mol. The van der Waals surface area contributed by atoms with Gasteiger partial charge in [-0.25, -0.2) is 4.79 Å². The number of imide groups is 1. The maximum Gasteiger partial charge on any atom is 0.330 e. The van der Waals surface area contributed by atoms with Crippen molar-refractivity contribution in [2.24, 2.45) is 29.6 Å². The first-order valence-corrected chi connectivity index (χ1v) is 11.7. The van der Waals surface area contributed by atoms with Gasteiger partial charge in [-0.1, -0.05) is 37.6 Å². The van der Waals surface area contributed by atoms with E-state index in [2.05, 4.69) is 21.2 Å². The number of anilines is 1. The van der Waals surface area contributed by atoms with Crippen molar-refractivity contribution in [3.8, 4) is 0 Å². The van der Waals surface area contributed by atoms with Crippen molar-refractivity contribution in [2.75, 3.05) is 11.9 Å². The lowest BCUT2D eigenvalue weighted by molar-refractivity contribution is -0.162. The number of nitrogens with zero attached hydrogens (tertiary/aromatic N) is 1. The van der Waals surface area contributed by atoms with Gasteiger partial charge in [0.15, 0.2) is 6.61 Å². The number of hydrogen-bond donors (Lipinski definition) is 1. The average Bonchev–Trinajstić information content (AvgIpc) is 3.42. The fraction of sp³-hybridized carbons (Fsp3) is 0.478. The molecule has 0 radical (unpaired) electrons. The van der Waals surface area contributed by atoms with Crippen LogP contribution in [0.5, 0.6) is 0 Å². The average molecular weight is 524 g/mol. The molecule has 1 saturated carbocycles. The summed E-state index contributed by atoms with van der Waals surface area (Å²) in [6, 6.07) is 2.33. The first-order valence-electron chi connectivity index (χ1n) is 10.6. The summed E-state index contributed by atoms with van der Waals surface area (Å²) in [5.41, 5.74) is 1.17. The SMILES string of the molecule is Cc1c(NC(=O)COC(=O)[C@H](C(C)C)N2C(=O)[C@@H]3[C@H](C2=O)[C@H]2C=C[C@H]3C2)ccc(Br)c1Cl. The third kappa shape index (κ3) is 3.77. The van der Waals surface area contributed by atoms with Gasteiger partial charge in [-0.15, -0.1) is 0 Å². The third-order valence-electron chi connectivity index (χ3n) is 6.61. The second-order valence-corrected chi connectivity index (χ2v) is 10.2. The number of benzene rings is 1. The molecule has 1 aromatic rings. The lowest BCUT2D eigenvalue weighted by atomic mass is 9.85. The molecule has 1 heterocycles. The molecule has 1 aromatic carbocycles. The fourth-order valence-electron chi connectivity index (χ4n) is 5.07. The zero-order valence-corrected chi connectivity index (χ0v) is 20.3. The molecule has 9 heteroatoms. The predicted molar refractivity (Wildman–Crippen MR) is 122 cm³/mol. The molecule has 0 spiro atoms. The van der Waals surface area contributed by atoms with E-state index >= 15 is 0 Å². The van der Waals surface area contributed by atoms with Crippen LogP contribution in [0.4, 0.5) is 5.69 Å². The topological polar surface area (TPSA) is 92.8 Å². The molecule has 2 fully saturated rings. The molecular formula is C23H24BrClN2O5. The number of ether oxygens (including phenoxy) is 1. The van der Waals surface area contributed by atoms with E-state index in [-0.39, 0.29) is 41.4 Å². The van der Waals surface area contributed by atoms with Crippen molar-refractivity contribution in [1.29, 1.82) is 0 Å². The van der Waals surface area contributed by atoms with Gasteiger partial charge in [-0.3, -0.25) is 19.3 Å². The van der Waals surface area contributed by atoms with Crippen LogP contribution in [0.2, 0.25) is 5.02 Å². The van der Waals surface area contributed by atoms with Gasteiger partial charge in [0, 0.05) is 10.2 Å². The lowest BCUT2D eigenvalue weighted by Crippen LogP contribution is -2.50. The summed E-state index contributed by atoms with van der Waals surface area (Å²) in [6.45, 7) is 4.72. The van der Waals surface area contributed by atoms with Gasteiger partial charge in [0.25, 0.3) is 5.91 Å². The number of hydrogen-bond acceptors (Lipinski definition) is 5. The largest absolute Gasteiger partial charge is 0.454 e. The highest BCUT2D eigenvalue weighted by Crippen LogP contribution is 2.53. The molecule has 1 aliphatic heterocycles. The van der Waals surface area contributed by atoms with Gasteiger partial charge < -0.3 is 10.1 Å². The molecule has 1 saturated heterocycles. The summed E-state index contributed by atoms with van der Waals surface area (Å²) in [4.78, 5) is 52.5. The molecule has 3 aliphatic rings. The first kappa shape index (κ1) is 23.0. The van der Waals surface area contributed by atoms with E-state index < -0.39 is 24.5 Å². The molecule has 2 aliphatic carbocycles. The van der Waals surface area contributed by atoms with Gasteiger partial charge >= 0.3 is 5.97 Å². The molecule has 3 amide bonds. The Hall–Kier alpha value is -2.19. The van der Waals surface area contributed by atoms with Crippen molar-refractivity contribution < 1.29 is 23.9 Å². The number of rotatable bonds is 6. The Kier molecular flexibility index (Phi) is 6.20. The Balaban J connectivity index is 1.42. The van der Waals surface area contributed by atoms with Crippen LogP contribution >= 0.6 is 27.5 Å². The second-order valence-electron chi connectivity index (χ2n) is 8.93. The van der Waals surface area contributed by atoms with Crippen LogP contribution in [0.25, 0.3) is 0 Å². The minimum atomic E-state index is -1.06. The number of likely N-dealkylation sites (tertiary alicyclic amines) is 1. The highest BCUT2D eigenvalue weighted by molar-refractivity contribution is 9.10. The van der Waals surface area contributed by atoms with E-state index in [9.17, 15) is 19.2 Å². The third-order valence-corrected chi connectivity index (χ3v) is 7.99. The Labute approximate surface area is 199 Å². The van der Waals surface area contributed by atoms with Crippen LogP contribution in [0.1, 0.15) is 25.8 Å². The van der Waals surface area contributed by atoms with Gasteiger partial charge in [0.2, 0.25) is 11.8 Å². The number of allylic oxidation sites excluding steroid dienone is 2. The molecule has 7 nitrogen and oxygen atoms in total. The normalized spacial score (nSPS) is 26.6. The molecule has 1 N–H and O–H groups in total. The maximum atomic E-state index is 13.1. The molecule has 4 rings (SSSR count). The molecule has 5 atom stereocenters. The van der Waals surface area contributed by atoms with Crippen LogP contribution < -0.4 is 5.32 Å². The van der Waals surface area contributed by atoms with E-state index in [0.29, 0.717) is 20.7 Å². The molecule has 0 unspecified atom stereocenters. The van der Waals surface area contributed by atoms with E-state index in [1.807, 2.05) is 12.2 Å². The monoisotopic (exact) mass is 522 g/mol. The van der Waals surface area contributed by atoms with Crippen molar-refractivity contribution in [3.63, 3.8) is 0 Å². The molecule has 0 aromatic heterocycles. The van der Waals surface area contributed by atoms with Crippen molar-refractivity contribution in [3.05, 3.63) is 39.3 Å². The smallest absolute Gasteiger partial charge is 0.330 e. The lowest BCUT2D eigenvalue weighted by Gasteiger charge is -2.28. The van der Waals surface area contributed by atoms with E-state index in [4.69, 9.17) is 16.3 Å². The molecule has 2 bridgehead atoms. The number of esters is 1. The van der Waals surface area contributed by atoms with Gasteiger partial charge in [-0.05, 0) is 64.7 Å². The quantitative estimate of drug-likeness (QED) is 0.348. The van der Waals surface area contributed by atoms with E-state index in [1.54, 1.807) is 32.9 Å². The first-order chi connectivity index (χ1) is 15.1. The standard InChI is InChI=1S/C23H24BrClN2O5/c1-10(2)20(27-21(29)17-12-4-5-13(8-12)18(17)22(27)30)23(31)32-9-16(28)26-15-7-6-14(24)19(25)11(15)3/h4-7,10,12-13,17-18,20H,8-9H2,1-3H3,(H,26,28)/t12-,13-,17-,18+,20-/m0/s1. The second kappa shape index (κ2) is 8.63. The highest BCUT2D eigenvalue weighted by Gasteiger charge is 2.61. The van der Waals surface area contributed by atoms with Gasteiger partial charge in [-0.2, -0.15) is 0 Å². The maximum absolute atomic E-state index is 13.1. The summed E-state index contributed by atoms with van der Waals surface area (Å²) in [5.74, 6) is -2.93. The Morgan fingerprint density at radius 1 is 1.19 bits per heavy atom. The van der Waals surface area contributed by atoms with Gasteiger partial charge in [0.05, 0.1) is 16.9 Å². The van der Waals surface area contributed by atoms with E-state index in [0.717, 1.165) is 11.3 Å². The Morgan fingerprint density at radius 3 is 2.34 bits per heavy atom. The zero-order chi connectivity index (χ0) is 23.3. The Morgan fingerprint density at radius 2 is 1.78 bits per heavy atom. The van der Waals surface area contributed by atoms with Crippen LogP contribution in [0.3, 0.4) is 0 Å². The van der Waals surface area contributed by atoms with Crippen molar-refractivity contribution >= 4 is 56.9 Å². The number of fused-ring (bicyclic) bond motifs is 5. The van der Waals surface area contributed by atoms with Crippen LogP contribution in [-0.2, 0) is 23.9 Å². The summed E-state index contributed by atoms with van der Waals surface area (Å²) < 4.78 is 5.94. The van der Waals surface area contributed by atoms with Crippen molar-refractivity contribution in [2.45, 2.75) is 33.2 Å². The predicted octanol–water partition coefficient (Wildman–Crippen LogP) is 3.72. The zero-order valence-electron chi connectivity index (χ0n) is 17.9. The number of nitrogens with one attached hydrogen (secondary N) is 1. The van der Waals surface area contributed by atoms with Crippen LogP contribution in [0.15, 0.2) is 28.8 Å². The molecule has 32 heavy (non-hydrogen) atoms.